The van der Waals surface area contributed by atoms with Gasteiger partial charge in [-0.3, -0.25) is 14.7 Å². The number of benzene rings is 3. The van der Waals surface area contributed by atoms with Crippen LogP contribution in [0.2, 0.25) is 0 Å². The molecular formula is C24H17F4N3O3. The monoisotopic (exact) mass is 471 g/mol. The molecule has 0 aliphatic carbocycles. The standard InChI is InChI=1S/C24H17F4N3O3/c25-20-8-6-16(10-19(20)24(26,27)28)12-31-14-29-21-9-7-17(11-18(21)22(31)32)30-23(33)34-13-15-4-2-1-3-5-15/h1-11,14H,12-13H2,(H,30,33). The van der Waals surface area contributed by atoms with Crippen molar-refractivity contribution >= 4 is 22.7 Å². The summed E-state index contributed by atoms with van der Waals surface area (Å²) in [6, 6.07) is 16.1. The number of rotatable bonds is 5. The molecule has 0 unspecified atom stereocenters. The molecule has 4 aromatic rings. The molecule has 0 saturated heterocycles. The summed E-state index contributed by atoms with van der Waals surface area (Å²) < 4.78 is 58.8. The minimum absolute atomic E-state index is 0.0617. The zero-order valence-electron chi connectivity index (χ0n) is 17.5. The molecule has 0 fully saturated rings. The van der Waals surface area contributed by atoms with E-state index in [-0.39, 0.29) is 29.8 Å². The SMILES string of the molecule is O=C(Nc1ccc2ncn(Cc3ccc(F)c(C(F)(F)F)c3)c(=O)c2c1)OCc1ccccc1. The van der Waals surface area contributed by atoms with Gasteiger partial charge in [-0.25, -0.2) is 14.2 Å². The van der Waals surface area contributed by atoms with Crippen LogP contribution < -0.4 is 10.9 Å². The second-order valence-electron chi connectivity index (χ2n) is 7.41. The fourth-order valence-electron chi connectivity index (χ4n) is 3.31. The lowest BCUT2D eigenvalue weighted by molar-refractivity contribution is -0.140. The van der Waals surface area contributed by atoms with Gasteiger partial charge in [0.2, 0.25) is 0 Å². The van der Waals surface area contributed by atoms with E-state index in [4.69, 9.17) is 4.74 Å². The maximum absolute atomic E-state index is 13.5. The number of carbonyl (C=O) groups excluding carboxylic acids is 1. The van der Waals surface area contributed by atoms with Crippen LogP contribution in [0, 0.1) is 5.82 Å². The second kappa shape index (κ2) is 9.34. The highest BCUT2D eigenvalue weighted by Crippen LogP contribution is 2.32. The zero-order chi connectivity index (χ0) is 24.3. The first kappa shape index (κ1) is 23.0. The highest BCUT2D eigenvalue weighted by Gasteiger charge is 2.34. The highest BCUT2D eigenvalue weighted by molar-refractivity contribution is 5.89. The van der Waals surface area contributed by atoms with Gasteiger partial charge >= 0.3 is 12.3 Å². The number of halogens is 4. The van der Waals surface area contributed by atoms with Gasteiger partial charge in [0.05, 0.1) is 29.3 Å². The maximum Gasteiger partial charge on any atom is 0.419 e. The topological polar surface area (TPSA) is 73.2 Å². The van der Waals surface area contributed by atoms with E-state index in [0.29, 0.717) is 17.6 Å². The molecule has 0 aliphatic heterocycles. The summed E-state index contributed by atoms with van der Waals surface area (Å²) in [5.41, 5.74) is -0.451. The number of ether oxygens (including phenoxy) is 1. The summed E-state index contributed by atoms with van der Waals surface area (Å²) in [7, 11) is 0. The summed E-state index contributed by atoms with van der Waals surface area (Å²) in [6.07, 6.45) is -4.39. The van der Waals surface area contributed by atoms with Crippen LogP contribution in [0.4, 0.5) is 28.0 Å². The largest absolute Gasteiger partial charge is 0.444 e. The number of aromatic nitrogens is 2. The summed E-state index contributed by atoms with van der Waals surface area (Å²) >= 11 is 0. The lowest BCUT2D eigenvalue weighted by Gasteiger charge is -2.12. The van der Waals surface area contributed by atoms with Gasteiger partial charge in [-0.1, -0.05) is 36.4 Å². The van der Waals surface area contributed by atoms with Gasteiger partial charge < -0.3 is 4.74 Å². The molecule has 3 aromatic carbocycles. The number of hydrogen-bond acceptors (Lipinski definition) is 4. The summed E-state index contributed by atoms with van der Waals surface area (Å²) in [4.78, 5) is 29.2. The fourth-order valence-corrected chi connectivity index (χ4v) is 3.31. The Hall–Kier alpha value is -4.21. The first-order valence-electron chi connectivity index (χ1n) is 10.0. The Morgan fingerprint density at radius 2 is 1.76 bits per heavy atom. The van der Waals surface area contributed by atoms with Crippen molar-refractivity contribution in [1.29, 1.82) is 0 Å². The summed E-state index contributed by atoms with van der Waals surface area (Å²) in [6.45, 7) is -0.186. The number of fused-ring (bicyclic) bond motifs is 1. The molecule has 174 valence electrons. The predicted molar refractivity (Wildman–Crippen MR) is 117 cm³/mol. The van der Waals surface area contributed by atoms with Gasteiger partial charge in [0.1, 0.15) is 12.4 Å². The van der Waals surface area contributed by atoms with Crippen LogP contribution in [-0.4, -0.2) is 15.6 Å². The Morgan fingerprint density at radius 3 is 2.50 bits per heavy atom. The third-order valence-corrected chi connectivity index (χ3v) is 4.97. The minimum Gasteiger partial charge on any atom is -0.444 e. The molecule has 1 N–H and O–H groups in total. The average Bonchev–Trinajstić information content (AvgIpc) is 2.81. The van der Waals surface area contributed by atoms with Crippen LogP contribution in [0.5, 0.6) is 0 Å². The third-order valence-electron chi connectivity index (χ3n) is 4.97. The van der Waals surface area contributed by atoms with Crippen molar-refractivity contribution in [2.24, 2.45) is 0 Å². The van der Waals surface area contributed by atoms with Crippen LogP contribution >= 0.6 is 0 Å². The van der Waals surface area contributed by atoms with E-state index in [1.54, 1.807) is 18.2 Å². The van der Waals surface area contributed by atoms with Crippen molar-refractivity contribution in [3.05, 3.63) is 106 Å². The van der Waals surface area contributed by atoms with E-state index < -0.39 is 29.2 Å². The zero-order valence-corrected chi connectivity index (χ0v) is 17.5. The maximum atomic E-state index is 13.5. The Kier molecular flexibility index (Phi) is 6.31. The van der Waals surface area contributed by atoms with E-state index in [1.165, 1.54) is 24.5 Å². The van der Waals surface area contributed by atoms with Gasteiger partial charge in [0.15, 0.2) is 0 Å². The fraction of sp³-hybridized carbons (Fsp3) is 0.125. The Bertz CT molecular complexity index is 1400. The van der Waals surface area contributed by atoms with Crippen LogP contribution in [-0.2, 0) is 24.1 Å². The van der Waals surface area contributed by atoms with Gasteiger partial charge in [0.25, 0.3) is 5.56 Å². The number of amides is 1. The quantitative estimate of drug-likeness (QED) is 0.398. The van der Waals surface area contributed by atoms with Crippen LogP contribution in [0.3, 0.4) is 0 Å². The van der Waals surface area contributed by atoms with Crippen molar-refractivity contribution in [2.75, 3.05) is 5.32 Å². The molecule has 0 aliphatic rings. The van der Waals surface area contributed by atoms with Gasteiger partial charge in [-0.2, -0.15) is 13.2 Å². The number of hydrogen-bond donors (Lipinski definition) is 1. The van der Waals surface area contributed by atoms with Crippen molar-refractivity contribution in [2.45, 2.75) is 19.3 Å². The number of carbonyl (C=O) groups is 1. The van der Waals surface area contributed by atoms with E-state index in [9.17, 15) is 27.2 Å². The van der Waals surface area contributed by atoms with Crippen molar-refractivity contribution in [3.63, 3.8) is 0 Å². The van der Waals surface area contributed by atoms with Crippen LogP contribution in [0.15, 0.2) is 77.9 Å². The van der Waals surface area contributed by atoms with Crippen LogP contribution in [0.25, 0.3) is 10.9 Å². The average molecular weight is 471 g/mol. The lowest BCUT2D eigenvalue weighted by Crippen LogP contribution is -2.22. The Balaban J connectivity index is 1.54. The first-order chi connectivity index (χ1) is 16.2. The number of nitrogens with zero attached hydrogens (tertiary/aromatic N) is 2. The highest BCUT2D eigenvalue weighted by atomic mass is 19.4. The molecule has 1 aromatic heterocycles. The molecule has 6 nitrogen and oxygen atoms in total. The normalized spacial score (nSPS) is 11.4. The second-order valence-corrected chi connectivity index (χ2v) is 7.41. The van der Waals surface area contributed by atoms with Crippen molar-refractivity contribution in [1.82, 2.24) is 9.55 Å². The van der Waals surface area contributed by atoms with Crippen molar-refractivity contribution < 1.29 is 27.1 Å². The van der Waals surface area contributed by atoms with Gasteiger partial charge in [0, 0.05) is 5.69 Å². The molecule has 0 bridgehead atoms. The molecule has 0 atom stereocenters. The smallest absolute Gasteiger partial charge is 0.419 e. The molecule has 1 amide bonds. The number of nitrogens with one attached hydrogen (secondary N) is 1. The van der Waals surface area contributed by atoms with E-state index in [0.717, 1.165) is 10.1 Å². The third kappa shape index (κ3) is 5.22. The lowest BCUT2D eigenvalue weighted by atomic mass is 10.1. The molecule has 1 heterocycles. The molecule has 0 radical (unpaired) electrons. The molecule has 10 heteroatoms. The van der Waals surface area contributed by atoms with Crippen molar-refractivity contribution in [3.8, 4) is 0 Å². The Labute approximate surface area is 190 Å². The van der Waals surface area contributed by atoms with E-state index >= 15 is 0 Å². The molecule has 0 saturated carbocycles. The van der Waals surface area contributed by atoms with E-state index in [1.807, 2.05) is 18.2 Å². The van der Waals surface area contributed by atoms with Crippen LogP contribution in [0.1, 0.15) is 16.7 Å². The molecule has 4 rings (SSSR count). The molecule has 0 spiro atoms. The minimum atomic E-state index is -4.86. The summed E-state index contributed by atoms with van der Waals surface area (Å²) in [5, 5.41) is 2.67. The summed E-state index contributed by atoms with van der Waals surface area (Å²) in [5.74, 6) is -1.39. The first-order valence-corrected chi connectivity index (χ1v) is 10.0. The molecular weight excluding hydrogens is 454 g/mol. The predicted octanol–water partition coefficient (Wildman–Crippen LogP) is 5.35. The number of alkyl halides is 3. The van der Waals surface area contributed by atoms with E-state index in [2.05, 4.69) is 10.3 Å². The van der Waals surface area contributed by atoms with Gasteiger partial charge in [-0.15, -0.1) is 0 Å². The Morgan fingerprint density at radius 1 is 1.00 bits per heavy atom. The van der Waals surface area contributed by atoms with Gasteiger partial charge in [-0.05, 0) is 41.5 Å². The molecule has 34 heavy (non-hydrogen) atoms. The number of anilines is 1.